The number of hydrogen-bond donors (Lipinski definition) is 1. The van der Waals surface area contributed by atoms with Gasteiger partial charge in [0.05, 0.1) is 12.6 Å². The molecule has 4 nitrogen and oxygen atoms in total. The number of aliphatic carboxylic acids is 1. The average molecular weight is 322 g/mol. The van der Waals surface area contributed by atoms with Gasteiger partial charge in [-0.15, -0.1) is 11.3 Å². The first-order valence-electron chi connectivity index (χ1n) is 3.99. The van der Waals surface area contributed by atoms with Crippen LogP contribution in [-0.4, -0.2) is 20.5 Å². The quantitative estimate of drug-likeness (QED) is 0.880. The first-order chi connectivity index (χ1) is 6.68. The molecule has 0 saturated carbocycles. The summed E-state index contributed by atoms with van der Waals surface area (Å²) in [5, 5.41) is 10.5. The van der Waals surface area contributed by atoms with Crippen LogP contribution in [-0.2, 0) is 11.2 Å². The highest BCUT2D eigenvalue weighted by Gasteiger charge is 2.09. The Bertz CT molecular complexity index is 477. The summed E-state index contributed by atoms with van der Waals surface area (Å²) in [6.45, 7) is 0. The molecule has 2 aromatic heterocycles. The number of aryl methyl sites for hydroxylation is 1. The van der Waals surface area contributed by atoms with Crippen LogP contribution in [0.2, 0.25) is 0 Å². The maximum atomic E-state index is 10.4. The van der Waals surface area contributed by atoms with E-state index >= 15 is 0 Å². The van der Waals surface area contributed by atoms with Crippen molar-refractivity contribution >= 4 is 44.9 Å². The van der Waals surface area contributed by atoms with Crippen molar-refractivity contribution in [2.75, 3.05) is 0 Å². The minimum atomic E-state index is -0.764. The summed E-state index contributed by atoms with van der Waals surface area (Å²) >= 11 is 3.73. The van der Waals surface area contributed by atoms with E-state index in [0.717, 1.165) is 14.4 Å². The van der Waals surface area contributed by atoms with Crippen molar-refractivity contribution in [1.82, 2.24) is 9.38 Å². The van der Waals surface area contributed by atoms with E-state index in [9.17, 15) is 4.79 Å². The zero-order chi connectivity index (χ0) is 10.1. The summed E-state index contributed by atoms with van der Waals surface area (Å²) < 4.78 is 3.02. The van der Waals surface area contributed by atoms with Crippen molar-refractivity contribution in [2.45, 2.75) is 12.8 Å². The molecule has 0 unspecified atom stereocenters. The summed E-state index contributed by atoms with van der Waals surface area (Å²) in [4.78, 5) is 15.5. The van der Waals surface area contributed by atoms with Crippen LogP contribution in [0, 0.1) is 3.70 Å². The molecule has 0 aliphatic heterocycles. The number of carbonyl (C=O) groups is 1. The first kappa shape index (κ1) is 9.91. The van der Waals surface area contributed by atoms with Gasteiger partial charge in [0.25, 0.3) is 0 Å². The van der Waals surface area contributed by atoms with E-state index < -0.39 is 5.97 Å². The van der Waals surface area contributed by atoms with Crippen LogP contribution < -0.4 is 0 Å². The second-order valence-electron chi connectivity index (χ2n) is 2.82. The monoisotopic (exact) mass is 322 g/mol. The van der Waals surface area contributed by atoms with E-state index in [-0.39, 0.29) is 6.42 Å². The zero-order valence-corrected chi connectivity index (χ0v) is 10.1. The number of imidazole rings is 1. The number of carboxylic acid groups (broad SMARTS) is 1. The summed E-state index contributed by atoms with van der Waals surface area (Å²) in [7, 11) is 0. The molecule has 0 bridgehead atoms. The van der Waals surface area contributed by atoms with Gasteiger partial charge in [0.15, 0.2) is 4.96 Å². The van der Waals surface area contributed by atoms with Crippen molar-refractivity contribution < 1.29 is 9.90 Å². The second kappa shape index (κ2) is 3.85. The number of fused-ring (bicyclic) bond motifs is 1. The Labute approximate surface area is 97.7 Å². The van der Waals surface area contributed by atoms with Crippen LogP contribution in [0.1, 0.15) is 12.1 Å². The Kier molecular flexibility index (Phi) is 2.73. The fourth-order valence-electron chi connectivity index (χ4n) is 1.24. The normalized spacial score (nSPS) is 10.9. The number of nitrogens with zero attached hydrogens (tertiary/aromatic N) is 2. The van der Waals surface area contributed by atoms with Crippen LogP contribution in [0.5, 0.6) is 0 Å². The van der Waals surface area contributed by atoms with E-state index in [4.69, 9.17) is 5.11 Å². The summed E-state index contributed by atoms with van der Waals surface area (Å²) in [5.41, 5.74) is 1.02. The lowest BCUT2D eigenvalue weighted by Gasteiger charge is -1.97. The molecule has 0 atom stereocenters. The molecule has 0 aliphatic rings. The minimum absolute atomic E-state index is 0.167. The summed E-state index contributed by atoms with van der Waals surface area (Å²) in [6, 6.07) is 0. The number of hydrogen-bond acceptors (Lipinski definition) is 3. The van der Waals surface area contributed by atoms with Gasteiger partial charge < -0.3 is 5.11 Å². The molecule has 14 heavy (non-hydrogen) atoms. The number of rotatable bonds is 3. The standard InChI is InChI=1S/C8H7IN2O2S/c9-6-3-10-8-11(6)5(4-14-8)1-2-7(12)13/h3-4H,1-2H2,(H,12,13). The number of halogens is 1. The Balaban J connectivity index is 2.32. The van der Waals surface area contributed by atoms with Crippen LogP contribution in [0.15, 0.2) is 11.6 Å². The molecule has 2 aromatic rings. The molecular formula is C8H7IN2O2S. The first-order valence-corrected chi connectivity index (χ1v) is 5.95. The Hall–Kier alpha value is -0.630. The zero-order valence-electron chi connectivity index (χ0n) is 7.11. The maximum Gasteiger partial charge on any atom is 0.303 e. The van der Waals surface area contributed by atoms with Crippen molar-refractivity contribution in [3.05, 3.63) is 21.0 Å². The molecule has 0 fully saturated rings. The molecule has 2 rings (SSSR count). The third-order valence-electron chi connectivity index (χ3n) is 1.87. The molecule has 74 valence electrons. The lowest BCUT2D eigenvalue weighted by Crippen LogP contribution is -2.00. The molecule has 0 saturated heterocycles. The minimum Gasteiger partial charge on any atom is -0.481 e. The fraction of sp³-hybridized carbons (Fsp3) is 0.250. The van der Waals surface area contributed by atoms with Gasteiger partial charge in [0.2, 0.25) is 0 Å². The maximum absolute atomic E-state index is 10.4. The molecular weight excluding hydrogens is 315 g/mol. The van der Waals surface area contributed by atoms with E-state index in [1.165, 1.54) is 0 Å². The largest absolute Gasteiger partial charge is 0.481 e. The Morgan fingerprint density at radius 3 is 3.21 bits per heavy atom. The topological polar surface area (TPSA) is 54.6 Å². The molecule has 6 heteroatoms. The van der Waals surface area contributed by atoms with Crippen LogP contribution in [0.4, 0.5) is 0 Å². The van der Waals surface area contributed by atoms with E-state index in [1.54, 1.807) is 17.5 Å². The van der Waals surface area contributed by atoms with Gasteiger partial charge in [-0.25, -0.2) is 4.98 Å². The molecule has 2 heterocycles. The molecule has 0 aromatic carbocycles. The van der Waals surface area contributed by atoms with Crippen LogP contribution in [0.3, 0.4) is 0 Å². The third kappa shape index (κ3) is 1.76. The molecule has 0 amide bonds. The highest BCUT2D eigenvalue weighted by molar-refractivity contribution is 14.1. The van der Waals surface area contributed by atoms with E-state index in [2.05, 4.69) is 27.6 Å². The highest BCUT2D eigenvalue weighted by atomic mass is 127. The van der Waals surface area contributed by atoms with Gasteiger partial charge in [0, 0.05) is 11.1 Å². The lowest BCUT2D eigenvalue weighted by atomic mass is 10.2. The predicted octanol–water partition coefficient (Wildman–Crippen LogP) is 2.02. The highest BCUT2D eigenvalue weighted by Crippen LogP contribution is 2.20. The lowest BCUT2D eigenvalue weighted by molar-refractivity contribution is -0.136. The summed E-state index contributed by atoms with van der Waals surface area (Å²) in [6.07, 6.45) is 2.51. The SMILES string of the molecule is O=C(O)CCc1csc2ncc(I)n12. The van der Waals surface area contributed by atoms with Crippen molar-refractivity contribution in [3.8, 4) is 0 Å². The van der Waals surface area contributed by atoms with Gasteiger partial charge in [0.1, 0.15) is 3.70 Å². The van der Waals surface area contributed by atoms with Crippen molar-refractivity contribution in [3.63, 3.8) is 0 Å². The molecule has 0 radical (unpaired) electrons. The van der Waals surface area contributed by atoms with Crippen LogP contribution in [0.25, 0.3) is 4.96 Å². The van der Waals surface area contributed by atoms with Gasteiger partial charge >= 0.3 is 5.97 Å². The van der Waals surface area contributed by atoms with Crippen molar-refractivity contribution in [2.24, 2.45) is 0 Å². The molecule has 0 aliphatic carbocycles. The average Bonchev–Trinajstić information content (AvgIpc) is 2.66. The molecule has 1 N–H and O–H groups in total. The van der Waals surface area contributed by atoms with Crippen molar-refractivity contribution in [1.29, 1.82) is 0 Å². The third-order valence-corrected chi connectivity index (χ3v) is 3.52. The van der Waals surface area contributed by atoms with E-state index in [1.807, 2.05) is 9.78 Å². The fourth-order valence-corrected chi connectivity index (χ4v) is 2.98. The smallest absolute Gasteiger partial charge is 0.303 e. The van der Waals surface area contributed by atoms with Gasteiger partial charge in [-0.05, 0) is 29.0 Å². The van der Waals surface area contributed by atoms with E-state index in [0.29, 0.717) is 6.42 Å². The Morgan fingerprint density at radius 2 is 2.50 bits per heavy atom. The number of thiazole rings is 1. The molecule has 0 spiro atoms. The predicted molar refractivity (Wildman–Crippen MR) is 61.7 cm³/mol. The summed E-state index contributed by atoms with van der Waals surface area (Å²) in [5.74, 6) is -0.764. The number of carboxylic acids is 1. The van der Waals surface area contributed by atoms with Crippen LogP contribution >= 0.6 is 33.9 Å². The van der Waals surface area contributed by atoms with Gasteiger partial charge in [-0.1, -0.05) is 0 Å². The second-order valence-corrected chi connectivity index (χ2v) is 4.76. The van der Waals surface area contributed by atoms with Gasteiger partial charge in [-0.2, -0.15) is 0 Å². The Morgan fingerprint density at radius 1 is 1.71 bits per heavy atom. The number of aromatic nitrogens is 2. The van der Waals surface area contributed by atoms with Gasteiger partial charge in [-0.3, -0.25) is 9.20 Å².